The van der Waals surface area contributed by atoms with E-state index in [9.17, 15) is 4.79 Å². The quantitative estimate of drug-likeness (QED) is 0.686. The molecule has 1 heterocycles. The third-order valence-corrected chi connectivity index (χ3v) is 3.75. The summed E-state index contributed by atoms with van der Waals surface area (Å²) in [6.45, 7) is 7.31. The second-order valence-electron chi connectivity index (χ2n) is 4.99. The summed E-state index contributed by atoms with van der Waals surface area (Å²) in [5.41, 5.74) is 0. The molecule has 0 aromatic heterocycles. The molecule has 1 fully saturated rings. The number of nitrogens with one attached hydrogen (secondary N) is 2. The molecule has 0 radical (unpaired) electrons. The van der Waals surface area contributed by atoms with Gasteiger partial charge in [-0.2, -0.15) is 0 Å². The molecular formula is C13H26N2O2. The van der Waals surface area contributed by atoms with Crippen LogP contribution < -0.4 is 10.6 Å². The number of carbonyl (C=O) groups is 1. The Morgan fingerprint density at radius 3 is 2.65 bits per heavy atom. The lowest BCUT2D eigenvalue weighted by Gasteiger charge is -2.27. The first-order valence-electron chi connectivity index (χ1n) is 6.71. The van der Waals surface area contributed by atoms with Gasteiger partial charge in [0.05, 0.1) is 7.11 Å². The largest absolute Gasteiger partial charge is 0.468 e. The van der Waals surface area contributed by atoms with Crippen molar-refractivity contribution in [2.75, 3.05) is 26.7 Å². The smallest absolute Gasteiger partial charge is 0.323 e. The molecule has 1 aliphatic rings. The predicted molar refractivity (Wildman–Crippen MR) is 68.9 cm³/mol. The van der Waals surface area contributed by atoms with E-state index in [4.69, 9.17) is 4.74 Å². The lowest BCUT2D eigenvalue weighted by atomic mass is 9.95. The van der Waals surface area contributed by atoms with Gasteiger partial charge in [-0.25, -0.2) is 0 Å². The van der Waals surface area contributed by atoms with Gasteiger partial charge in [0.25, 0.3) is 0 Å². The lowest BCUT2D eigenvalue weighted by Crippen LogP contribution is -2.45. The van der Waals surface area contributed by atoms with Crippen LogP contribution in [-0.2, 0) is 9.53 Å². The number of ether oxygens (including phenoxy) is 1. The summed E-state index contributed by atoms with van der Waals surface area (Å²) in [6, 6.07) is -0.153. The van der Waals surface area contributed by atoms with Crippen molar-refractivity contribution in [3.05, 3.63) is 0 Å². The molecule has 1 saturated heterocycles. The zero-order chi connectivity index (χ0) is 12.7. The van der Waals surface area contributed by atoms with Crippen molar-refractivity contribution in [1.82, 2.24) is 10.6 Å². The van der Waals surface area contributed by atoms with Gasteiger partial charge in [-0.1, -0.05) is 20.3 Å². The first-order valence-corrected chi connectivity index (χ1v) is 6.71. The molecule has 4 heteroatoms. The van der Waals surface area contributed by atoms with Gasteiger partial charge in [-0.05, 0) is 44.3 Å². The van der Waals surface area contributed by atoms with Crippen LogP contribution in [0.5, 0.6) is 0 Å². The zero-order valence-electron chi connectivity index (χ0n) is 11.3. The van der Waals surface area contributed by atoms with E-state index in [0.29, 0.717) is 11.8 Å². The molecule has 0 saturated carbocycles. The molecule has 0 bridgehead atoms. The van der Waals surface area contributed by atoms with Crippen molar-refractivity contribution in [2.24, 2.45) is 11.8 Å². The maximum absolute atomic E-state index is 11.7. The van der Waals surface area contributed by atoms with Crippen molar-refractivity contribution in [3.63, 3.8) is 0 Å². The van der Waals surface area contributed by atoms with E-state index in [2.05, 4.69) is 24.5 Å². The molecule has 100 valence electrons. The lowest BCUT2D eigenvalue weighted by molar-refractivity contribution is -0.144. The first kappa shape index (κ1) is 14.5. The third kappa shape index (κ3) is 4.64. The SMILES string of the molecule is CCC(C)C(NCC1CCNCC1)C(=O)OC. The Bertz CT molecular complexity index is 227. The highest BCUT2D eigenvalue weighted by Gasteiger charge is 2.25. The van der Waals surface area contributed by atoms with Gasteiger partial charge in [-0.3, -0.25) is 4.79 Å². The van der Waals surface area contributed by atoms with Crippen molar-refractivity contribution in [2.45, 2.75) is 39.2 Å². The van der Waals surface area contributed by atoms with E-state index < -0.39 is 0 Å². The molecule has 2 N–H and O–H groups in total. The number of esters is 1. The fourth-order valence-electron chi connectivity index (χ4n) is 2.26. The third-order valence-electron chi connectivity index (χ3n) is 3.75. The fraction of sp³-hybridized carbons (Fsp3) is 0.923. The van der Waals surface area contributed by atoms with Crippen LogP contribution in [0.25, 0.3) is 0 Å². The summed E-state index contributed by atoms with van der Waals surface area (Å²) in [6.07, 6.45) is 3.38. The molecule has 2 unspecified atom stereocenters. The van der Waals surface area contributed by atoms with Crippen molar-refractivity contribution < 1.29 is 9.53 Å². The summed E-state index contributed by atoms with van der Waals surface area (Å²) in [5, 5.41) is 6.74. The van der Waals surface area contributed by atoms with Crippen LogP contribution in [0.4, 0.5) is 0 Å². The van der Waals surface area contributed by atoms with Crippen molar-refractivity contribution >= 4 is 5.97 Å². The Kier molecular flexibility index (Phi) is 6.52. The molecule has 0 aliphatic carbocycles. The Morgan fingerprint density at radius 2 is 2.12 bits per heavy atom. The number of rotatable bonds is 6. The van der Waals surface area contributed by atoms with Crippen LogP contribution in [0.15, 0.2) is 0 Å². The molecule has 17 heavy (non-hydrogen) atoms. The van der Waals surface area contributed by atoms with Crippen LogP contribution in [0.1, 0.15) is 33.1 Å². The van der Waals surface area contributed by atoms with Gasteiger partial charge in [0.1, 0.15) is 6.04 Å². The molecule has 0 spiro atoms. The van der Waals surface area contributed by atoms with E-state index in [-0.39, 0.29) is 12.0 Å². The van der Waals surface area contributed by atoms with E-state index >= 15 is 0 Å². The van der Waals surface area contributed by atoms with Gasteiger partial charge in [0.15, 0.2) is 0 Å². The Hall–Kier alpha value is -0.610. The molecular weight excluding hydrogens is 216 g/mol. The van der Waals surface area contributed by atoms with Crippen LogP contribution in [-0.4, -0.2) is 38.8 Å². The van der Waals surface area contributed by atoms with Gasteiger partial charge < -0.3 is 15.4 Å². The van der Waals surface area contributed by atoms with Gasteiger partial charge in [0, 0.05) is 0 Å². The van der Waals surface area contributed by atoms with Crippen LogP contribution in [0.2, 0.25) is 0 Å². The van der Waals surface area contributed by atoms with Crippen LogP contribution >= 0.6 is 0 Å². The minimum atomic E-state index is -0.153. The topological polar surface area (TPSA) is 50.4 Å². The normalized spacial score (nSPS) is 20.9. The Labute approximate surface area is 104 Å². The average molecular weight is 242 g/mol. The Morgan fingerprint density at radius 1 is 1.47 bits per heavy atom. The second-order valence-corrected chi connectivity index (χ2v) is 4.99. The minimum absolute atomic E-state index is 0.131. The number of methoxy groups -OCH3 is 1. The summed E-state index contributed by atoms with van der Waals surface area (Å²) in [5.74, 6) is 0.880. The maximum atomic E-state index is 11.7. The van der Waals surface area contributed by atoms with Gasteiger partial charge >= 0.3 is 5.97 Å². The van der Waals surface area contributed by atoms with Crippen molar-refractivity contribution in [3.8, 4) is 0 Å². The van der Waals surface area contributed by atoms with Gasteiger partial charge in [0.2, 0.25) is 0 Å². The number of hydrogen-bond donors (Lipinski definition) is 2. The van der Waals surface area contributed by atoms with E-state index in [1.54, 1.807) is 0 Å². The average Bonchev–Trinajstić information content (AvgIpc) is 2.39. The van der Waals surface area contributed by atoms with E-state index in [1.165, 1.54) is 20.0 Å². The van der Waals surface area contributed by atoms with Crippen LogP contribution in [0, 0.1) is 11.8 Å². The summed E-state index contributed by atoms with van der Waals surface area (Å²) in [7, 11) is 1.46. The molecule has 1 aliphatic heterocycles. The number of carbonyl (C=O) groups excluding carboxylic acids is 1. The standard InChI is InChI=1S/C13H26N2O2/c1-4-10(2)12(13(16)17-3)15-9-11-5-7-14-8-6-11/h10-12,14-15H,4-9H2,1-3H3. The molecule has 2 atom stereocenters. The highest BCUT2D eigenvalue weighted by Crippen LogP contribution is 2.13. The number of hydrogen-bond acceptors (Lipinski definition) is 4. The minimum Gasteiger partial charge on any atom is -0.468 e. The molecule has 0 amide bonds. The first-order chi connectivity index (χ1) is 8.19. The molecule has 4 nitrogen and oxygen atoms in total. The highest BCUT2D eigenvalue weighted by molar-refractivity contribution is 5.75. The van der Waals surface area contributed by atoms with E-state index in [1.807, 2.05) is 0 Å². The van der Waals surface area contributed by atoms with Crippen molar-refractivity contribution in [1.29, 1.82) is 0 Å². The highest BCUT2D eigenvalue weighted by atomic mass is 16.5. The molecule has 0 aromatic rings. The monoisotopic (exact) mass is 242 g/mol. The van der Waals surface area contributed by atoms with Gasteiger partial charge in [-0.15, -0.1) is 0 Å². The van der Waals surface area contributed by atoms with E-state index in [0.717, 1.165) is 26.1 Å². The maximum Gasteiger partial charge on any atom is 0.323 e. The fourth-order valence-corrected chi connectivity index (χ4v) is 2.26. The predicted octanol–water partition coefficient (Wildman–Crippen LogP) is 1.16. The second kappa shape index (κ2) is 7.67. The zero-order valence-corrected chi connectivity index (χ0v) is 11.3. The summed E-state index contributed by atoms with van der Waals surface area (Å²) < 4.78 is 4.86. The summed E-state index contributed by atoms with van der Waals surface area (Å²) in [4.78, 5) is 11.7. The Balaban J connectivity index is 2.39. The number of piperidine rings is 1. The van der Waals surface area contributed by atoms with Crippen LogP contribution in [0.3, 0.4) is 0 Å². The summed E-state index contributed by atoms with van der Waals surface area (Å²) >= 11 is 0. The molecule has 1 rings (SSSR count). The molecule has 0 aromatic carbocycles.